The molecule has 0 bridgehead atoms. The summed E-state index contributed by atoms with van der Waals surface area (Å²) in [4.78, 5) is 29.9. The van der Waals surface area contributed by atoms with Crippen molar-refractivity contribution in [1.29, 1.82) is 0 Å². The molecule has 2 atom stereocenters. The standard InChI is InChI=1S/C17H21F2N3O2/c1-10(2)14-4-3-13(7-20-14)21-15(23)16(24)22-8-11-5-17(18,19)6-12(11)9-22/h3-4,7,10-12H,5-6,8-9H2,1-2H3,(H,21,23)/t11-,12+. The van der Waals surface area contributed by atoms with Crippen molar-refractivity contribution in [1.82, 2.24) is 9.88 Å². The van der Waals surface area contributed by atoms with Crippen LogP contribution >= 0.6 is 0 Å². The van der Waals surface area contributed by atoms with E-state index in [2.05, 4.69) is 10.3 Å². The zero-order chi connectivity index (χ0) is 17.5. The van der Waals surface area contributed by atoms with Gasteiger partial charge >= 0.3 is 11.8 Å². The number of halogens is 2. The van der Waals surface area contributed by atoms with Crippen molar-refractivity contribution in [3.05, 3.63) is 24.0 Å². The Morgan fingerprint density at radius 2 is 1.88 bits per heavy atom. The smallest absolute Gasteiger partial charge is 0.313 e. The van der Waals surface area contributed by atoms with Crippen LogP contribution in [-0.4, -0.2) is 40.7 Å². The van der Waals surface area contributed by atoms with Crippen molar-refractivity contribution in [2.45, 2.75) is 38.5 Å². The third-order valence-electron chi connectivity index (χ3n) is 4.82. The number of rotatable bonds is 2. The van der Waals surface area contributed by atoms with Gasteiger partial charge in [0.15, 0.2) is 0 Å². The maximum atomic E-state index is 13.3. The summed E-state index contributed by atoms with van der Waals surface area (Å²) in [5.41, 5.74) is 1.34. The van der Waals surface area contributed by atoms with Crippen LogP contribution in [-0.2, 0) is 9.59 Å². The number of nitrogens with one attached hydrogen (secondary N) is 1. The normalized spacial score (nSPS) is 25.0. The second kappa shape index (κ2) is 6.11. The number of hydrogen-bond donors (Lipinski definition) is 1. The SMILES string of the molecule is CC(C)c1ccc(NC(=O)C(=O)N2C[C@@H]3CC(F)(F)C[C@@H]3C2)cn1. The van der Waals surface area contributed by atoms with E-state index in [0.29, 0.717) is 5.69 Å². The molecular weight excluding hydrogens is 316 g/mol. The van der Waals surface area contributed by atoms with E-state index in [9.17, 15) is 18.4 Å². The minimum Gasteiger partial charge on any atom is -0.334 e. The first-order valence-electron chi connectivity index (χ1n) is 8.19. The Balaban J connectivity index is 1.57. The molecule has 1 aliphatic carbocycles. The van der Waals surface area contributed by atoms with Crippen LogP contribution in [0.25, 0.3) is 0 Å². The fourth-order valence-corrected chi connectivity index (χ4v) is 3.57. The van der Waals surface area contributed by atoms with E-state index in [4.69, 9.17) is 0 Å². The Bertz CT molecular complexity index is 630. The molecule has 1 aromatic heterocycles. The first-order chi connectivity index (χ1) is 11.2. The summed E-state index contributed by atoms with van der Waals surface area (Å²) in [5, 5.41) is 2.53. The Morgan fingerprint density at radius 1 is 1.25 bits per heavy atom. The number of anilines is 1. The third kappa shape index (κ3) is 3.39. The topological polar surface area (TPSA) is 62.3 Å². The lowest BCUT2D eigenvalue weighted by Gasteiger charge is -2.18. The molecule has 5 nitrogen and oxygen atoms in total. The van der Waals surface area contributed by atoms with Crippen LogP contribution < -0.4 is 5.32 Å². The first-order valence-corrected chi connectivity index (χ1v) is 8.19. The van der Waals surface area contributed by atoms with Crippen molar-refractivity contribution in [3.63, 3.8) is 0 Å². The van der Waals surface area contributed by atoms with Gasteiger partial charge in [0.1, 0.15) is 0 Å². The predicted molar refractivity (Wildman–Crippen MR) is 84.7 cm³/mol. The van der Waals surface area contributed by atoms with Gasteiger partial charge in [-0.05, 0) is 29.9 Å². The van der Waals surface area contributed by atoms with Crippen LogP contribution in [0.3, 0.4) is 0 Å². The van der Waals surface area contributed by atoms with Gasteiger partial charge in [-0.3, -0.25) is 14.6 Å². The second-order valence-corrected chi connectivity index (χ2v) is 7.08. The van der Waals surface area contributed by atoms with Gasteiger partial charge < -0.3 is 10.2 Å². The van der Waals surface area contributed by atoms with E-state index in [1.54, 1.807) is 12.1 Å². The predicted octanol–water partition coefficient (Wildman–Crippen LogP) is 2.65. The third-order valence-corrected chi connectivity index (χ3v) is 4.82. The number of hydrogen-bond acceptors (Lipinski definition) is 3. The molecule has 0 unspecified atom stereocenters. The summed E-state index contributed by atoms with van der Waals surface area (Å²) in [6, 6.07) is 3.50. The van der Waals surface area contributed by atoms with Gasteiger partial charge in [-0.25, -0.2) is 8.78 Å². The molecule has 2 heterocycles. The molecule has 0 aromatic carbocycles. The van der Waals surface area contributed by atoms with Crippen LogP contribution in [0.2, 0.25) is 0 Å². The lowest BCUT2D eigenvalue weighted by atomic mass is 10.0. The fraction of sp³-hybridized carbons (Fsp3) is 0.588. The van der Waals surface area contributed by atoms with Crippen LogP contribution in [0.15, 0.2) is 18.3 Å². The highest BCUT2D eigenvalue weighted by atomic mass is 19.3. The summed E-state index contributed by atoms with van der Waals surface area (Å²) in [7, 11) is 0. The Hall–Kier alpha value is -2.05. The molecule has 2 aliphatic rings. The van der Waals surface area contributed by atoms with Crippen molar-refractivity contribution in [3.8, 4) is 0 Å². The molecular formula is C17H21F2N3O2. The summed E-state index contributed by atoms with van der Waals surface area (Å²) in [6.45, 7) is 4.49. The van der Waals surface area contributed by atoms with Crippen LogP contribution in [0.5, 0.6) is 0 Å². The van der Waals surface area contributed by atoms with Crippen molar-refractivity contribution in [2.24, 2.45) is 11.8 Å². The van der Waals surface area contributed by atoms with Gasteiger partial charge in [-0.2, -0.15) is 0 Å². The highest BCUT2D eigenvalue weighted by Crippen LogP contribution is 2.46. The Morgan fingerprint density at radius 3 is 2.38 bits per heavy atom. The molecule has 0 radical (unpaired) electrons. The van der Waals surface area contributed by atoms with Crippen molar-refractivity contribution in [2.75, 3.05) is 18.4 Å². The minimum atomic E-state index is -2.63. The second-order valence-electron chi connectivity index (χ2n) is 7.08. The van der Waals surface area contributed by atoms with Gasteiger partial charge in [-0.15, -0.1) is 0 Å². The molecule has 3 rings (SSSR count). The number of fused-ring (bicyclic) bond motifs is 1. The average Bonchev–Trinajstić information content (AvgIpc) is 3.00. The van der Waals surface area contributed by atoms with E-state index in [0.717, 1.165) is 5.69 Å². The average molecular weight is 337 g/mol. The molecule has 1 saturated carbocycles. The molecule has 1 N–H and O–H groups in total. The highest BCUT2D eigenvalue weighted by Gasteiger charge is 2.51. The summed E-state index contributed by atoms with van der Waals surface area (Å²) in [5.74, 6) is -4.18. The van der Waals surface area contributed by atoms with Gasteiger partial charge in [0.25, 0.3) is 0 Å². The van der Waals surface area contributed by atoms with E-state index in [1.165, 1.54) is 11.1 Å². The molecule has 1 saturated heterocycles. The number of carbonyl (C=O) groups excluding carboxylic acids is 2. The zero-order valence-corrected chi connectivity index (χ0v) is 13.8. The van der Waals surface area contributed by atoms with Crippen LogP contribution in [0, 0.1) is 11.8 Å². The van der Waals surface area contributed by atoms with Gasteiger partial charge in [0.2, 0.25) is 5.92 Å². The Labute approximate surface area is 139 Å². The van der Waals surface area contributed by atoms with E-state index in [1.807, 2.05) is 13.8 Å². The summed E-state index contributed by atoms with van der Waals surface area (Å²) >= 11 is 0. The lowest BCUT2D eigenvalue weighted by molar-refractivity contribution is -0.142. The van der Waals surface area contributed by atoms with Gasteiger partial charge in [0.05, 0.1) is 11.9 Å². The first kappa shape index (κ1) is 16.8. The maximum absolute atomic E-state index is 13.3. The summed E-state index contributed by atoms with van der Waals surface area (Å²) in [6.07, 6.45) is 1.13. The molecule has 1 aromatic rings. The molecule has 0 spiro atoms. The van der Waals surface area contributed by atoms with E-state index in [-0.39, 0.29) is 43.7 Å². The molecule has 2 fully saturated rings. The molecule has 7 heteroatoms. The number of aromatic nitrogens is 1. The zero-order valence-electron chi connectivity index (χ0n) is 13.8. The summed E-state index contributed by atoms with van der Waals surface area (Å²) < 4.78 is 26.7. The number of pyridine rings is 1. The minimum absolute atomic E-state index is 0.191. The van der Waals surface area contributed by atoms with Crippen molar-refractivity contribution >= 4 is 17.5 Å². The van der Waals surface area contributed by atoms with Crippen LogP contribution in [0.1, 0.15) is 38.3 Å². The number of alkyl halides is 2. The largest absolute Gasteiger partial charge is 0.334 e. The molecule has 2 amide bonds. The van der Waals surface area contributed by atoms with Gasteiger partial charge in [-0.1, -0.05) is 13.8 Å². The quantitative estimate of drug-likeness (QED) is 0.844. The number of likely N-dealkylation sites (tertiary alicyclic amines) is 1. The molecule has 1 aliphatic heterocycles. The Kier molecular flexibility index (Phi) is 4.27. The monoisotopic (exact) mass is 337 g/mol. The molecule has 130 valence electrons. The highest BCUT2D eigenvalue weighted by molar-refractivity contribution is 6.39. The van der Waals surface area contributed by atoms with Crippen molar-refractivity contribution < 1.29 is 18.4 Å². The lowest BCUT2D eigenvalue weighted by Crippen LogP contribution is -2.39. The van der Waals surface area contributed by atoms with E-state index >= 15 is 0 Å². The fourth-order valence-electron chi connectivity index (χ4n) is 3.57. The van der Waals surface area contributed by atoms with Crippen LogP contribution in [0.4, 0.5) is 14.5 Å². The number of nitrogens with zero attached hydrogens (tertiary/aromatic N) is 2. The van der Waals surface area contributed by atoms with Gasteiger partial charge in [0, 0.05) is 31.6 Å². The number of carbonyl (C=O) groups is 2. The number of amides is 2. The van der Waals surface area contributed by atoms with E-state index < -0.39 is 17.7 Å². The molecule has 24 heavy (non-hydrogen) atoms. The maximum Gasteiger partial charge on any atom is 0.313 e.